The summed E-state index contributed by atoms with van der Waals surface area (Å²) in [7, 11) is -2.98. The lowest BCUT2D eigenvalue weighted by atomic mass is 10.1. The zero-order chi connectivity index (χ0) is 14.0. The molecule has 1 atom stereocenters. The maximum atomic E-state index is 11.3. The van der Waals surface area contributed by atoms with Gasteiger partial charge in [0.05, 0.1) is 11.3 Å². The summed E-state index contributed by atoms with van der Waals surface area (Å²) in [6.45, 7) is 3.88. The van der Waals surface area contributed by atoms with Crippen LogP contribution in [0.2, 0.25) is 0 Å². The number of hydrogen-bond acceptors (Lipinski definition) is 4. The highest BCUT2D eigenvalue weighted by molar-refractivity contribution is 7.90. The molecule has 4 nitrogen and oxygen atoms in total. The Labute approximate surface area is 113 Å². The molecule has 102 valence electrons. The molecule has 2 rings (SSSR count). The third-order valence-electron chi connectivity index (χ3n) is 2.93. The van der Waals surface area contributed by atoms with Crippen molar-refractivity contribution < 1.29 is 8.42 Å². The molecule has 19 heavy (non-hydrogen) atoms. The van der Waals surface area contributed by atoms with Crippen LogP contribution in [0.5, 0.6) is 0 Å². The first-order valence-corrected chi connectivity index (χ1v) is 8.21. The number of nitrogens with zero attached hydrogens (tertiary/aromatic N) is 1. The zero-order valence-electron chi connectivity index (χ0n) is 11.3. The van der Waals surface area contributed by atoms with Crippen LogP contribution in [0.3, 0.4) is 0 Å². The number of benzene rings is 1. The fourth-order valence-electron chi connectivity index (χ4n) is 2.20. The van der Waals surface area contributed by atoms with Gasteiger partial charge >= 0.3 is 0 Å². The molecule has 0 spiro atoms. The van der Waals surface area contributed by atoms with Gasteiger partial charge in [-0.05, 0) is 37.6 Å². The third-order valence-corrected chi connectivity index (χ3v) is 4.03. The van der Waals surface area contributed by atoms with Crippen LogP contribution in [0.15, 0.2) is 30.5 Å². The second kappa shape index (κ2) is 5.17. The number of nitrogens with one attached hydrogen (secondary N) is 1. The lowest BCUT2D eigenvalue weighted by molar-refractivity contribution is 0.598. The van der Waals surface area contributed by atoms with Gasteiger partial charge in [-0.15, -0.1) is 0 Å². The van der Waals surface area contributed by atoms with Gasteiger partial charge in [-0.25, -0.2) is 8.42 Å². The van der Waals surface area contributed by atoms with E-state index >= 15 is 0 Å². The van der Waals surface area contributed by atoms with Crippen LogP contribution in [0.1, 0.15) is 12.5 Å². The molecule has 1 N–H and O–H groups in total. The molecule has 0 amide bonds. The van der Waals surface area contributed by atoms with Crippen molar-refractivity contribution in [2.24, 2.45) is 0 Å². The number of pyridine rings is 1. The van der Waals surface area contributed by atoms with E-state index in [4.69, 9.17) is 0 Å². The Morgan fingerprint density at radius 2 is 2.05 bits per heavy atom. The summed E-state index contributed by atoms with van der Waals surface area (Å²) in [5.41, 5.74) is 2.97. The van der Waals surface area contributed by atoms with Gasteiger partial charge in [0.2, 0.25) is 0 Å². The van der Waals surface area contributed by atoms with Crippen LogP contribution in [-0.2, 0) is 9.84 Å². The van der Waals surface area contributed by atoms with Crippen LogP contribution in [0.25, 0.3) is 10.9 Å². The largest absolute Gasteiger partial charge is 0.381 e. The van der Waals surface area contributed by atoms with Crippen molar-refractivity contribution in [3.05, 3.63) is 36.0 Å². The van der Waals surface area contributed by atoms with Crippen LogP contribution >= 0.6 is 0 Å². The number of aromatic nitrogens is 1. The van der Waals surface area contributed by atoms with Crippen molar-refractivity contribution in [2.45, 2.75) is 19.9 Å². The van der Waals surface area contributed by atoms with Gasteiger partial charge in [0.1, 0.15) is 9.84 Å². The number of anilines is 1. The third kappa shape index (κ3) is 3.44. The molecule has 5 heteroatoms. The highest BCUT2D eigenvalue weighted by atomic mass is 32.2. The van der Waals surface area contributed by atoms with E-state index in [9.17, 15) is 8.42 Å². The standard InChI is InChI=1S/C14H18N2O2S/c1-10-6-7-13(12-5-4-8-15-14(10)12)16-11(2)9-19(3,17)18/h4-8,11,16H,9H2,1-3H3. The van der Waals surface area contributed by atoms with E-state index in [1.807, 2.05) is 38.1 Å². The fourth-order valence-corrected chi connectivity index (χ4v) is 3.19. The Hall–Kier alpha value is -1.62. The summed E-state index contributed by atoms with van der Waals surface area (Å²) in [4.78, 5) is 4.37. The van der Waals surface area contributed by atoms with Gasteiger partial charge in [-0.3, -0.25) is 4.98 Å². The maximum Gasteiger partial charge on any atom is 0.149 e. The molecule has 2 aromatic rings. The van der Waals surface area contributed by atoms with Crippen molar-refractivity contribution in [1.82, 2.24) is 4.98 Å². The van der Waals surface area contributed by atoms with Crippen molar-refractivity contribution in [3.8, 4) is 0 Å². The summed E-state index contributed by atoms with van der Waals surface area (Å²) >= 11 is 0. The van der Waals surface area contributed by atoms with Crippen molar-refractivity contribution in [1.29, 1.82) is 0 Å². The van der Waals surface area contributed by atoms with Crippen LogP contribution in [-0.4, -0.2) is 31.5 Å². The Morgan fingerprint density at radius 3 is 2.74 bits per heavy atom. The Balaban J connectivity index is 2.34. The zero-order valence-corrected chi connectivity index (χ0v) is 12.2. The monoisotopic (exact) mass is 278 g/mol. The van der Waals surface area contributed by atoms with Gasteiger partial charge in [0, 0.05) is 29.6 Å². The molecule has 0 saturated heterocycles. The first-order valence-electron chi connectivity index (χ1n) is 6.15. The summed E-state index contributed by atoms with van der Waals surface area (Å²) in [6, 6.07) is 7.70. The molecular formula is C14H18N2O2S. The Kier molecular flexibility index (Phi) is 3.75. The van der Waals surface area contributed by atoms with Crippen LogP contribution in [0, 0.1) is 6.92 Å². The molecule has 1 aromatic heterocycles. The van der Waals surface area contributed by atoms with Crippen molar-refractivity contribution in [3.63, 3.8) is 0 Å². The molecule has 1 aromatic carbocycles. The van der Waals surface area contributed by atoms with Gasteiger partial charge in [0.25, 0.3) is 0 Å². The minimum absolute atomic E-state index is 0.114. The number of fused-ring (bicyclic) bond motifs is 1. The molecule has 0 radical (unpaired) electrons. The van der Waals surface area contributed by atoms with E-state index in [0.717, 1.165) is 22.2 Å². The Bertz CT molecular complexity index is 696. The molecule has 1 heterocycles. The normalized spacial score (nSPS) is 13.4. The number of sulfone groups is 1. The summed E-state index contributed by atoms with van der Waals surface area (Å²) in [5.74, 6) is 0.114. The first kappa shape index (κ1) is 13.8. The second-order valence-corrected chi connectivity index (χ2v) is 7.15. The van der Waals surface area contributed by atoms with Gasteiger partial charge in [0.15, 0.2) is 0 Å². The van der Waals surface area contributed by atoms with Gasteiger partial charge in [-0.1, -0.05) is 6.07 Å². The minimum Gasteiger partial charge on any atom is -0.381 e. The van der Waals surface area contributed by atoms with E-state index in [1.165, 1.54) is 6.26 Å². The highest BCUT2D eigenvalue weighted by Gasteiger charge is 2.12. The molecule has 0 aliphatic rings. The van der Waals surface area contributed by atoms with E-state index in [0.29, 0.717) is 0 Å². The molecule has 1 unspecified atom stereocenters. The number of aryl methyl sites for hydroxylation is 1. The Morgan fingerprint density at radius 1 is 1.32 bits per heavy atom. The van der Waals surface area contributed by atoms with E-state index in [2.05, 4.69) is 10.3 Å². The lowest BCUT2D eigenvalue weighted by Crippen LogP contribution is -2.25. The smallest absolute Gasteiger partial charge is 0.149 e. The predicted molar refractivity (Wildman–Crippen MR) is 79.3 cm³/mol. The number of rotatable bonds is 4. The molecule has 0 bridgehead atoms. The first-order chi connectivity index (χ1) is 8.87. The SMILES string of the molecule is Cc1ccc(NC(C)CS(C)(=O)=O)c2cccnc12. The van der Waals surface area contributed by atoms with Crippen LogP contribution in [0.4, 0.5) is 5.69 Å². The quantitative estimate of drug-likeness (QED) is 0.933. The summed E-state index contributed by atoms with van der Waals surface area (Å²) in [6.07, 6.45) is 3.01. The van der Waals surface area contributed by atoms with E-state index in [1.54, 1.807) is 6.20 Å². The summed E-state index contributed by atoms with van der Waals surface area (Å²) in [5, 5.41) is 4.27. The molecule has 0 fully saturated rings. The second-order valence-electron chi connectivity index (χ2n) is 4.97. The molecule has 0 saturated carbocycles. The van der Waals surface area contributed by atoms with Crippen molar-refractivity contribution in [2.75, 3.05) is 17.3 Å². The topological polar surface area (TPSA) is 59.1 Å². The van der Waals surface area contributed by atoms with Gasteiger partial charge in [-0.2, -0.15) is 0 Å². The van der Waals surface area contributed by atoms with E-state index < -0.39 is 9.84 Å². The molecular weight excluding hydrogens is 260 g/mol. The summed E-state index contributed by atoms with van der Waals surface area (Å²) < 4.78 is 22.6. The van der Waals surface area contributed by atoms with Crippen molar-refractivity contribution >= 4 is 26.4 Å². The number of hydrogen-bond donors (Lipinski definition) is 1. The lowest BCUT2D eigenvalue weighted by Gasteiger charge is -2.16. The average molecular weight is 278 g/mol. The minimum atomic E-state index is -2.98. The predicted octanol–water partition coefficient (Wildman–Crippen LogP) is 2.39. The maximum absolute atomic E-state index is 11.3. The fraction of sp³-hybridized carbons (Fsp3) is 0.357. The molecule has 0 aliphatic carbocycles. The molecule has 0 aliphatic heterocycles. The average Bonchev–Trinajstić information content (AvgIpc) is 2.31. The van der Waals surface area contributed by atoms with Crippen LogP contribution < -0.4 is 5.32 Å². The highest BCUT2D eigenvalue weighted by Crippen LogP contribution is 2.25. The van der Waals surface area contributed by atoms with Gasteiger partial charge < -0.3 is 5.32 Å². The van der Waals surface area contributed by atoms with E-state index in [-0.39, 0.29) is 11.8 Å².